The van der Waals surface area contributed by atoms with E-state index < -0.39 is 0 Å². The highest BCUT2D eigenvalue weighted by Crippen LogP contribution is 2.03. The molecular weight excluding hydrogens is 176 g/mol. The fraction of sp³-hybridized carbons (Fsp3) is 0.455. The third kappa shape index (κ3) is 3.56. The van der Waals surface area contributed by atoms with Gasteiger partial charge in [-0.3, -0.25) is 9.78 Å². The van der Waals surface area contributed by atoms with E-state index in [1.54, 1.807) is 7.05 Å². The van der Waals surface area contributed by atoms with Gasteiger partial charge in [0.05, 0.1) is 0 Å². The lowest BCUT2D eigenvalue weighted by Crippen LogP contribution is -2.17. The van der Waals surface area contributed by atoms with Crippen molar-refractivity contribution >= 4 is 5.91 Å². The van der Waals surface area contributed by atoms with E-state index >= 15 is 0 Å². The molecule has 76 valence electrons. The number of rotatable bonds is 4. The Hall–Kier alpha value is -1.38. The molecule has 1 rings (SSSR count). The van der Waals surface area contributed by atoms with Gasteiger partial charge < -0.3 is 5.32 Å². The van der Waals surface area contributed by atoms with Gasteiger partial charge in [-0.1, -0.05) is 6.07 Å². The quantitative estimate of drug-likeness (QED) is 0.784. The first kappa shape index (κ1) is 10.7. The molecule has 0 saturated heterocycles. The summed E-state index contributed by atoms with van der Waals surface area (Å²) >= 11 is 0. The molecule has 0 saturated carbocycles. The van der Waals surface area contributed by atoms with Gasteiger partial charge in [0.15, 0.2) is 0 Å². The van der Waals surface area contributed by atoms with E-state index in [2.05, 4.69) is 10.3 Å². The van der Waals surface area contributed by atoms with Gasteiger partial charge in [0.1, 0.15) is 0 Å². The van der Waals surface area contributed by atoms with Crippen LogP contribution in [0.3, 0.4) is 0 Å². The smallest absolute Gasteiger partial charge is 0.219 e. The molecule has 0 aliphatic carbocycles. The highest BCUT2D eigenvalue weighted by atomic mass is 16.1. The maximum absolute atomic E-state index is 10.9. The summed E-state index contributed by atoms with van der Waals surface area (Å²) in [7, 11) is 1.66. The fourth-order valence-electron chi connectivity index (χ4n) is 1.20. The van der Waals surface area contributed by atoms with Crippen LogP contribution < -0.4 is 5.32 Å². The molecule has 1 aromatic heterocycles. The van der Waals surface area contributed by atoms with Crippen LogP contribution in [-0.2, 0) is 11.2 Å². The number of nitrogens with zero attached hydrogens (tertiary/aromatic N) is 1. The largest absolute Gasteiger partial charge is 0.359 e. The van der Waals surface area contributed by atoms with E-state index in [4.69, 9.17) is 0 Å². The zero-order valence-corrected chi connectivity index (χ0v) is 8.71. The number of pyridine rings is 1. The lowest BCUT2D eigenvalue weighted by molar-refractivity contribution is -0.120. The van der Waals surface area contributed by atoms with Crippen LogP contribution in [0.2, 0.25) is 0 Å². The van der Waals surface area contributed by atoms with Crippen LogP contribution in [0, 0.1) is 6.92 Å². The van der Waals surface area contributed by atoms with E-state index in [9.17, 15) is 4.79 Å². The standard InChI is InChI=1S/C11H16N2O/c1-9-6-7-10(13-8-9)4-3-5-11(14)12-2/h6-8H,3-5H2,1-2H3,(H,12,14). The minimum Gasteiger partial charge on any atom is -0.359 e. The number of aromatic nitrogens is 1. The van der Waals surface area contributed by atoms with Crippen molar-refractivity contribution in [3.63, 3.8) is 0 Å². The minimum absolute atomic E-state index is 0.0945. The molecule has 0 aliphatic rings. The van der Waals surface area contributed by atoms with Crippen molar-refractivity contribution in [2.24, 2.45) is 0 Å². The van der Waals surface area contributed by atoms with Crippen molar-refractivity contribution in [1.82, 2.24) is 10.3 Å². The summed E-state index contributed by atoms with van der Waals surface area (Å²) in [5, 5.41) is 2.60. The molecule has 0 fully saturated rings. The predicted molar refractivity (Wildman–Crippen MR) is 56.0 cm³/mol. The van der Waals surface area contributed by atoms with Crippen molar-refractivity contribution in [3.05, 3.63) is 29.6 Å². The van der Waals surface area contributed by atoms with Gasteiger partial charge >= 0.3 is 0 Å². The summed E-state index contributed by atoms with van der Waals surface area (Å²) in [6, 6.07) is 4.06. The van der Waals surface area contributed by atoms with Gasteiger partial charge in [0.25, 0.3) is 0 Å². The number of hydrogen-bond donors (Lipinski definition) is 1. The topological polar surface area (TPSA) is 42.0 Å². The van der Waals surface area contributed by atoms with Crippen LogP contribution in [-0.4, -0.2) is 17.9 Å². The highest BCUT2D eigenvalue weighted by molar-refractivity contribution is 5.75. The second-order valence-electron chi connectivity index (χ2n) is 3.35. The third-order valence-electron chi connectivity index (χ3n) is 2.09. The van der Waals surface area contributed by atoms with Crippen molar-refractivity contribution in [3.8, 4) is 0 Å². The Morgan fingerprint density at radius 2 is 2.29 bits per heavy atom. The van der Waals surface area contributed by atoms with E-state index in [1.165, 1.54) is 5.56 Å². The molecule has 0 atom stereocenters. The van der Waals surface area contributed by atoms with Crippen LogP contribution in [0.4, 0.5) is 0 Å². The summed E-state index contributed by atoms with van der Waals surface area (Å²) in [5.74, 6) is 0.0945. The summed E-state index contributed by atoms with van der Waals surface area (Å²) in [6.45, 7) is 2.02. The lowest BCUT2D eigenvalue weighted by atomic mass is 10.1. The summed E-state index contributed by atoms with van der Waals surface area (Å²) < 4.78 is 0. The van der Waals surface area contributed by atoms with Crippen LogP contribution in [0.1, 0.15) is 24.1 Å². The Balaban J connectivity index is 2.31. The number of hydrogen-bond acceptors (Lipinski definition) is 2. The Morgan fingerprint density at radius 1 is 1.50 bits per heavy atom. The second-order valence-corrected chi connectivity index (χ2v) is 3.35. The van der Waals surface area contributed by atoms with Gasteiger partial charge in [-0.25, -0.2) is 0 Å². The highest BCUT2D eigenvalue weighted by Gasteiger charge is 1.99. The van der Waals surface area contributed by atoms with Gasteiger partial charge in [0, 0.05) is 25.4 Å². The second kappa shape index (κ2) is 5.37. The maximum atomic E-state index is 10.9. The Kier molecular flexibility index (Phi) is 4.11. The van der Waals surface area contributed by atoms with Gasteiger partial charge in [-0.05, 0) is 31.4 Å². The van der Waals surface area contributed by atoms with Crippen molar-refractivity contribution in [2.75, 3.05) is 7.05 Å². The van der Waals surface area contributed by atoms with Crippen LogP contribution in [0.25, 0.3) is 0 Å². The Morgan fingerprint density at radius 3 is 2.86 bits per heavy atom. The number of aryl methyl sites for hydroxylation is 2. The van der Waals surface area contributed by atoms with Gasteiger partial charge in [0.2, 0.25) is 5.91 Å². The summed E-state index contributed by atoms with van der Waals surface area (Å²) in [4.78, 5) is 15.2. The molecule has 0 unspecified atom stereocenters. The molecule has 0 bridgehead atoms. The number of carbonyl (C=O) groups is 1. The Labute approximate surface area is 84.6 Å². The Bertz CT molecular complexity index is 293. The maximum Gasteiger partial charge on any atom is 0.219 e. The molecule has 0 aromatic carbocycles. The summed E-state index contributed by atoms with van der Waals surface area (Å²) in [6.07, 6.45) is 4.16. The molecule has 0 radical (unpaired) electrons. The van der Waals surface area contributed by atoms with Crippen molar-refractivity contribution < 1.29 is 4.79 Å². The van der Waals surface area contributed by atoms with Gasteiger partial charge in [-0.2, -0.15) is 0 Å². The molecule has 0 spiro atoms. The van der Waals surface area contributed by atoms with E-state index in [-0.39, 0.29) is 5.91 Å². The molecule has 1 amide bonds. The van der Waals surface area contributed by atoms with Gasteiger partial charge in [-0.15, -0.1) is 0 Å². The monoisotopic (exact) mass is 192 g/mol. The number of carbonyl (C=O) groups excluding carboxylic acids is 1. The molecule has 3 heteroatoms. The minimum atomic E-state index is 0.0945. The number of amides is 1. The van der Waals surface area contributed by atoms with Crippen LogP contribution in [0.15, 0.2) is 18.3 Å². The fourth-order valence-corrected chi connectivity index (χ4v) is 1.20. The van der Waals surface area contributed by atoms with E-state index in [0.717, 1.165) is 18.5 Å². The molecule has 3 nitrogen and oxygen atoms in total. The van der Waals surface area contributed by atoms with E-state index in [1.807, 2.05) is 25.3 Å². The SMILES string of the molecule is CNC(=O)CCCc1ccc(C)cn1. The lowest BCUT2D eigenvalue weighted by Gasteiger charge is -2.00. The zero-order chi connectivity index (χ0) is 10.4. The molecule has 1 N–H and O–H groups in total. The average Bonchev–Trinajstić information content (AvgIpc) is 2.21. The van der Waals surface area contributed by atoms with Crippen molar-refractivity contribution in [2.45, 2.75) is 26.2 Å². The first-order valence-electron chi connectivity index (χ1n) is 4.84. The van der Waals surface area contributed by atoms with Crippen LogP contribution in [0.5, 0.6) is 0 Å². The number of nitrogens with one attached hydrogen (secondary N) is 1. The predicted octanol–water partition coefficient (Wildman–Crippen LogP) is 1.46. The average molecular weight is 192 g/mol. The molecule has 0 aliphatic heterocycles. The normalized spacial score (nSPS) is 9.86. The van der Waals surface area contributed by atoms with E-state index in [0.29, 0.717) is 6.42 Å². The summed E-state index contributed by atoms with van der Waals surface area (Å²) in [5.41, 5.74) is 2.22. The molecule has 1 heterocycles. The molecular formula is C11H16N2O. The third-order valence-corrected chi connectivity index (χ3v) is 2.09. The van der Waals surface area contributed by atoms with Crippen LogP contribution >= 0.6 is 0 Å². The molecule has 14 heavy (non-hydrogen) atoms. The van der Waals surface area contributed by atoms with Crippen molar-refractivity contribution in [1.29, 1.82) is 0 Å². The molecule has 1 aromatic rings. The first-order valence-corrected chi connectivity index (χ1v) is 4.84. The first-order chi connectivity index (χ1) is 6.72. The zero-order valence-electron chi connectivity index (χ0n) is 8.71.